The van der Waals surface area contributed by atoms with Crippen LogP contribution in [-0.2, 0) is 6.61 Å². The van der Waals surface area contributed by atoms with Gasteiger partial charge in [0.2, 0.25) is 0 Å². The van der Waals surface area contributed by atoms with Crippen molar-refractivity contribution in [1.82, 2.24) is 0 Å². The van der Waals surface area contributed by atoms with Crippen LogP contribution in [0, 0.1) is 6.92 Å². The Labute approximate surface area is 223 Å². The molecule has 0 amide bonds. The molecule has 1 atom stereocenters. The lowest BCUT2D eigenvalue weighted by Gasteiger charge is -2.30. The summed E-state index contributed by atoms with van der Waals surface area (Å²) in [7, 11) is 0. The van der Waals surface area contributed by atoms with Gasteiger partial charge in [-0.1, -0.05) is 78.4 Å². The van der Waals surface area contributed by atoms with Crippen LogP contribution >= 0.6 is 0 Å². The van der Waals surface area contributed by atoms with Gasteiger partial charge in [0.1, 0.15) is 29.6 Å². The van der Waals surface area contributed by atoms with E-state index >= 15 is 0 Å². The maximum absolute atomic E-state index is 9.98. The van der Waals surface area contributed by atoms with E-state index in [0.29, 0.717) is 6.61 Å². The fraction of sp³-hybridized carbons (Fsp3) is 0.118. The summed E-state index contributed by atoms with van der Waals surface area (Å²) in [6.45, 7) is 2.56. The van der Waals surface area contributed by atoms with Crippen LogP contribution < -0.4 is 4.74 Å². The van der Waals surface area contributed by atoms with Crippen molar-refractivity contribution in [2.24, 2.45) is 0 Å². The number of ether oxygens (including phenoxy) is 1. The highest BCUT2D eigenvalue weighted by Crippen LogP contribution is 2.44. The van der Waals surface area contributed by atoms with Gasteiger partial charge < -0.3 is 20.1 Å². The first-order chi connectivity index (χ1) is 18.5. The Hall–Kier alpha value is -4.70. The second kappa shape index (κ2) is 11.1. The number of aryl methyl sites for hydroxylation is 1. The predicted octanol–water partition coefficient (Wildman–Crippen LogP) is 7.65. The van der Waals surface area contributed by atoms with Gasteiger partial charge in [-0.15, -0.1) is 0 Å². The summed E-state index contributed by atoms with van der Waals surface area (Å²) >= 11 is 0. The Morgan fingerprint density at radius 3 is 1.32 bits per heavy atom. The standard InChI is InChI=1S/C34H30O4/c1-23-3-2-4-24(21-23)22-38-32-19-11-28(12-20-32)34(27-9-17-31(37)18-10-27)33(25-5-13-29(35)14-6-25)26-7-15-30(36)16-8-26/h2-21,33-37H,22H2,1H3. The molecule has 5 rings (SSSR count). The number of aromatic hydroxyl groups is 3. The topological polar surface area (TPSA) is 69.9 Å². The fourth-order valence-electron chi connectivity index (χ4n) is 4.94. The van der Waals surface area contributed by atoms with Gasteiger partial charge in [0, 0.05) is 11.8 Å². The number of hydrogen-bond donors (Lipinski definition) is 3. The molecule has 5 aromatic rings. The molecule has 0 aliphatic rings. The molecule has 5 aromatic carbocycles. The van der Waals surface area contributed by atoms with Gasteiger partial charge in [-0.3, -0.25) is 0 Å². The van der Waals surface area contributed by atoms with E-state index in [1.54, 1.807) is 36.4 Å². The number of rotatable bonds is 8. The summed E-state index contributed by atoms with van der Waals surface area (Å²) in [4.78, 5) is 0. The fourth-order valence-corrected chi connectivity index (χ4v) is 4.94. The zero-order valence-electron chi connectivity index (χ0n) is 21.2. The molecule has 0 bridgehead atoms. The summed E-state index contributed by atoms with van der Waals surface area (Å²) in [5, 5.41) is 29.9. The second-order valence-corrected chi connectivity index (χ2v) is 9.58. The zero-order valence-corrected chi connectivity index (χ0v) is 21.2. The van der Waals surface area contributed by atoms with Gasteiger partial charge in [0.05, 0.1) is 0 Å². The highest BCUT2D eigenvalue weighted by molar-refractivity contribution is 5.48. The van der Waals surface area contributed by atoms with Crippen molar-refractivity contribution in [3.63, 3.8) is 0 Å². The molecule has 0 heterocycles. The lowest BCUT2D eigenvalue weighted by atomic mass is 9.73. The maximum Gasteiger partial charge on any atom is 0.119 e. The number of phenols is 3. The van der Waals surface area contributed by atoms with E-state index < -0.39 is 0 Å². The van der Waals surface area contributed by atoms with Crippen molar-refractivity contribution in [2.45, 2.75) is 25.4 Å². The first-order valence-electron chi connectivity index (χ1n) is 12.6. The highest BCUT2D eigenvalue weighted by Gasteiger charge is 2.28. The van der Waals surface area contributed by atoms with Crippen LogP contribution in [0.25, 0.3) is 0 Å². The van der Waals surface area contributed by atoms with Crippen LogP contribution in [0.1, 0.15) is 45.2 Å². The monoisotopic (exact) mass is 502 g/mol. The molecule has 0 aliphatic heterocycles. The van der Waals surface area contributed by atoms with E-state index in [1.165, 1.54) is 5.56 Å². The third-order valence-electron chi connectivity index (χ3n) is 6.82. The maximum atomic E-state index is 9.98. The van der Waals surface area contributed by atoms with Gasteiger partial charge >= 0.3 is 0 Å². The summed E-state index contributed by atoms with van der Waals surface area (Å²) in [6.07, 6.45) is 0. The minimum atomic E-state index is -0.125. The SMILES string of the molecule is Cc1cccc(COc2ccc(C(c3ccc(O)cc3)C(c3ccc(O)cc3)c3ccc(O)cc3)cc2)c1. The second-order valence-electron chi connectivity index (χ2n) is 9.58. The van der Waals surface area contributed by atoms with Crippen molar-refractivity contribution < 1.29 is 20.1 Å². The molecule has 0 aromatic heterocycles. The molecule has 190 valence electrons. The van der Waals surface area contributed by atoms with Crippen LogP contribution in [0.15, 0.2) is 121 Å². The van der Waals surface area contributed by atoms with Crippen LogP contribution in [0.2, 0.25) is 0 Å². The molecule has 1 unspecified atom stereocenters. The quantitative estimate of drug-likeness (QED) is 0.204. The van der Waals surface area contributed by atoms with Crippen molar-refractivity contribution in [3.8, 4) is 23.0 Å². The third-order valence-corrected chi connectivity index (χ3v) is 6.82. The van der Waals surface area contributed by atoms with Gasteiger partial charge in [0.25, 0.3) is 0 Å². The van der Waals surface area contributed by atoms with Crippen molar-refractivity contribution in [2.75, 3.05) is 0 Å². The molecule has 0 fully saturated rings. The number of phenolic OH excluding ortho intramolecular Hbond substituents is 3. The summed E-state index contributed by atoms with van der Waals surface area (Å²) in [6, 6.07) is 38.2. The normalized spacial score (nSPS) is 11.8. The van der Waals surface area contributed by atoms with Crippen LogP contribution in [-0.4, -0.2) is 15.3 Å². The average Bonchev–Trinajstić information content (AvgIpc) is 2.93. The molecular formula is C34H30O4. The molecule has 0 saturated carbocycles. The molecular weight excluding hydrogens is 472 g/mol. The minimum Gasteiger partial charge on any atom is -0.508 e. The largest absolute Gasteiger partial charge is 0.508 e. The average molecular weight is 503 g/mol. The van der Waals surface area contributed by atoms with E-state index in [4.69, 9.17) is 4.74 Å². The van der Waals surface area contributed by atoms with Crippen LogP contribution in [0.4, 0.5) is 0 Å². The van der Waals surface area contributed by atoms with Crippen LogP contribution in [0.3, 0.4) is 0 Å². The zero-order chi connectivity index (χ0) is 26.5. The Morgan fingerprint density at radius 2 is 0.921 bits per heavy atom. The smallest absolute Gasteiger partial charge is 0.119 e. The minimum absolute atomic E-state index is 0.115. The predicted molar refractivity (Wildman–Crippen MR) is 150 cm³/mol. The lowest BCUT2D eigenvalue weighted by Crippen LogP contribution is -2.14. The Balaban J connectivity index is 1.54. The molecule has 0 radical (unpaired) electrons. The van der Waals surface area contributed by atoms with E-state index in [-0.39, 0.29) is 29.1 Å². The molecule has 0 spiro atoms. The van der Waals surface area contributed by atoms with Gasteiger partial charge in [-0.05, 0) is 83.3 Å². The number of benzene rings is 5. The third kappa shape index (κ3) is 5.81. The summed E-state index contributed by atoms with van der Waals surface area (Å²) < 4.78 is 6.07. The van der Waals surface area contributed by atoms with Gasteiger partial charge in [0.15, 0.2) is 0 Å². The Morgan fingerprint density at radius 1 is 0.526 bits per heavy atom. The van der Waals surface area contributed by atoms with E-state index in [1.807, 2.05) is 54.6 Å². The molecule has 3 N–H and O–H groups in total. The lowest BCUT2D eigenvalue weighted by molar-refractivity contribution is 0.306. The Bertz CT molecular complexity index is 1430. The van der Waals surface area contributed by atoms with E-state index in [9.17, 15) is 15.3 Å². The van der Waals surface area contributed by atoms with Gasteiger partial charge in [-0.25, -0.2) is 0 Å². The van der Waals surface area contributed by atoms with Crippen molar-refractivity contribution in [1.29, 1.82) is 0 Å². The molecule has 0 aliphatic carbocycles. The van der Waals surface area contributed by atoms with Gasteiger partial charge in [-0.2, -0.15) is 0 Å². The first-order valence-corrected chi connectivity index (χ1v) is 12.6. The van der Waals surface area contributed by atoms with E-state index in [0.717, 1.165) is 33.6 Å². The summed E-state index contributed by atoms with van der Waals surface area (Å²) in [5.41, 5.74) is 6.47. The Kier molecular flexibility index (Phi) is 7.32. The van der Waals surface area contributed by atoms with Crippen LogP contribution in [0.5, 0.6) is 23.0 Å². The van der Waals surface area contributed by atoms with E-state index in [2.05, 4.69) is 37.3 Å². The van der Waals surface area contributed by atoms with Crippen molar-refractivity contribution in [3.05, 3.63) is 155 Å². The highest BCUT2D eigenvalue weighted by atomic mass is 16.5. The number of hydrogen-bond acceptors (Lipinski definition) is 4. The first kappa shape index (κ1) is 25.0. The molecule has 4 heteroatoms. The molecule has 38 heavy (non-hydrogen) atoms. The molecule has 0 saturated heterocycles. The molecule has 4 nitrogen and oxygen atoms in total. The summed E-state index contributed by atoms with van der Waals surface area (Å²) in [5.74, 6) is 1.16. The van der Waals surface area contributed by atoms with Crippen molar-refractivity contribution >= 4 is 0 Å².